The molecule has 1 amide bonds. The van der Waals surface area contributed by atoms with Crippen LogP contribution in [0.5, 0.6) is 0 Å². The minimum Gasteiger partial charge on any atom is -0.326 e. The maximum atomic E-state index is 13.4. The molecule has 0 fully saturated rings. The van der Waals surface area contributed by atoms with Gasteiger partial charge in [0, 0.05) is 25.2 Å². The van der Waals surface area contributed by atoms with Crippen molar-refractivity contribution >= 4 is 17.2 Å². The molecule has 2 aromatic heterocycles. The third-order valence-corrected chi connectivity index (χ3v) is 5.55. The number of amides is 1. The molecule has 6 heteroatoms. The number of thiazole rings is 1. The van der Waals surface area contributed by atoms with Crippen molar-refractivity contribution in [3.8, 4) is 11.1 Å². The summed E-state index contributed by atoms with van der Waals surface area (Å²) in [5.74, 6) is -0.0498. The van der Waals surface area contributed by atoms with Gasteiger partial charge in [0.25, 0.3) is 5.91 Å². The molecule has 2 aromatic carbocycles. The molecule has 2 heterocycles. The molecule has 5 nitrogen and oxygen atoms in total. The number of hydrogen-bond acceptors (Lipinski definition) is 4. The number of aromatic nitrogens is 3. The van der Waals surface area contributed by atoms with Crippen LogP contribution >= 0.6 is 11.3 Å². The topological polar surface area (TPSA) is 51.0 Å². The molecule has 146 valence electrons. The van der Waals surface area contributed by atoms with E-state index in [0.717, 1.165) is 27.4 Å². The van der Waals surface area contributed by atoms with Crippen LogP contribution in [0.15, 0.2) is 72.2 Å². The Morgan fingerprint density at radius 2 is 1.83 bits per heavy atom. The molecule has 0 radical (unpaired) electrons. The van der Waals surface area contributed by atoms with Gasteiger partial charge in [0.2, 0.25) is 0 Å². The van der Waals surface area contributed by atoms with E-state index in [2.05, 4.69) is 34.3 Å². The number of hydrogen-bond donors (Lipinski definition) is 0. The Labute approximate surface area is 174 Å². The summed E-state index contributed by atoms with van der Waals surface area (Å²) in [4.78, 5) is 19.6. The van der Waals surface area contributed by atoms with E-state index in [-0.39, 0.29) is 5.91 Å². The molecule has 0 spiro atoms. The summed E-state index contributed by atoms with van der Waals surface area (Å²) in [7, 11) is 1.81. The number of aryl methyl sites for hydroxylation is 2. The fraction of sp³-hybridized carbons (Fsp3) is 0.174. The summed E-state index contributed by atoms with van der Waals surface area (Å²) in [6.07, 6.45) is 1.77. The summed E-state index contributed by atoms with van der Waals surface area (Å²) < 4.78 is 1.65. The van der Waals surface area contributed by atoms with E-state index in [0.29, 0.717) is 18.8 Å². The minimum atomic E-state index is -0.0498. The first-order valence-electron chi connectivity index (χ1n) is 9.43. The van der Waals surface area contributed by atoms with Gasteiger partial charge in [-0.3, -0.25) is 9.48 Å². The summed E-state index contributed by atoms with van der Waals surface area (Å²) in [5, 5.41) is 7.19. The van der Waals surface area contributed by atoms with Crippen LogP contribution in [-0.2, 0) is 20.1 Å². The van der Waals surface area contributed by atoms with Crippen molar-refractivity contribution in [1.29, 1.82) is 0 Å². The van der Waals surface area contributed by atoms with Crippen LogP contribution in [0, 0.1) is 6.92 Å². The normalized spacial score (nSPS) is 10.8. The quantitative estimate of drug-likeness (QED) is 0.470. The van der Waals surface area contributed by atoms with Crippen molar-refractivity contribution in [3.63, 3.8) is 0 Å². The Morgan fingerprint density at radius 3 is 2.52 bits per heavy atom. The Balaban J connectivity index is 1.70. The minimum absolute atomic E-state index is 0.0498. The second-order valence-corrected chi connectivity index (χ2v) is 7.88. The number of carbonyl (C=O) groups is 1. The Morgan fingerprint density at radius 1 is 1.07 bits per heavy atom. The van der Waals surface area contributed by atoms with Gasteiger partial charge in [0.1, 0.15) is 10.7 Å². The summed E-state index contributed by atoms with van der Waals surface area (Å²) in [6, 6.07) is 20.3. The molecule has 0 bridgehead atoms. The monoisotopic (exact) mass is 402 g/mol. The Bertz CT molecular complexity index is 1100. The fourth-order valence-corrected chi connectivity index (χ4v) is 4.06. The summed E-state index contributed by atoms with van der Waals surface area (Å²) in [5.41, 5.74) is 4.78. The van der Waals surface area contributed by atoms with Gasteiger partial charge >= 0.3 is 0 Å². The smallest absolute Gasteiger partial charge is 0.272 e. The second kappa shape index (κ2) is 8.41. The van der Waals surface area contributed by atoms with Crippen LogP contribution in [0.25, 0.3) is 11.1 Å². The van der Waals surface area contributed by atoms with Crippen LogP contribution in [-0.4, -0.2) is 25.6 Å². The van der Waals surface area contributed by atoms with Gasteiger partial charge in [-0.15, -0.1) is 11.3 Å². The molecule has 0 N–H and O–H groups in total. The molecule has 0 unspecified atom stereocenters. The predicted molar refractivity (Wildman–Crippen MR) is 116 cm³/mol. The van der Waals surface area contributed by atoms with Crippen molar-refractivity contribution in [2.75, 3.05) is 0 Å². The molecule has 0 saturated carbocycles. The maximum Gasteiger partial charge on any atom is 0.272 e. The molecule has 4 aromatic rings. The van der Waals surface area contributed by atoms with Crippen molar-refractivity contribution in [2.24, 2.45) is 7.05 Å². The lowest BCUT2D eigenvalue weighted by Crippen LogP contribution is -2.31. The lowest BCUT2D eigenvalue weighted by atomic mass is 9.99. The number of carbonyl (C=O) groups excluding carboxylic acids is 1. The third kappa shape index (κ3) is 4.27. The van der Waals surface area contributed by atoms with Crippen LogP contribution in [0.4, 0.5) is 0 Å². The largest absolute Gasteiger partial charge is 0.326 e. The van der Waals surface area contributed by atoms with Crippen LogP contribution in [0.2, 0.25) is 0 Å². The van der Waals surface area contributed by atoms with E-state index in [4.69, 9.17) is 0 Å². The number of rotatable bonds is 6. The molecule has 0 aliphatic carbocycles. The van der Waals surface area contributed by atoms with Gasteiger partial charge < -0.3 is 4.90 Å². The van der Waals surface area contributed by atoms with Crippen LogP contribution in [0.1, 0.15) is 26.8 Å². The van der Waals surface area contributed by atoms with Crippen LogP contribution in [0.3, 0.4) is 0 Å². The number of benzene rings is 2. The molecule has 4 rings (SSSR count). The number of nitrogens with zero attached hydrogens (tertiary/aromatic N) is 4. The van der Waals surface area contributed by atoms with Gasteiger partial charge in [-0.2, -0.15) is 5.10 Å². The van der Waals surface area contributed by atoms with Gasteiger partial charge in [0.15, 0.2) is 0 Å². The molecule has 0 aliphatic heterocycles. The highest BCUT2D eigenvalue weighted by atomic mass is 32.1. The highest BCUT2D eigenvalue weighted by Gasteiger charge is 2.22. The molecular formula is C23H22N4OS. The fourth-order valence-electron chi connectivity index (χ4n) is 3.43. The highest BCUT2D eigenvalue weighted by Crippen LogP contribution is 2.26. The van der Waals surface area contributed by atoms with E-state index in [1.54, 1.807) is 29.3 Å². The van der Waals surface area contributed by atoms with Crippen LogP contribution < -0.4 is 0 Å². The molecule has 0 atom stereocenters. The molecule has 0 saturated heterocycles. The zero-order chi connectivity index (χ0) is 20.2. The third-order valence-electron chi connectivity index (χ3n) is 4.78. The van der Waals surface area contributed by atoms with E-state index >= 15 is 0 Å². The van der Waals surface area contributed by atoms with Crippen molar-refractivity contribution in [2.45, 2.75) is 20.0 Å². The molecular weight excluding hydrogens is 380 g/mol. The first-order valence-corrected chi connectivity index (χ1v) is 10.3. The second-order valence-electron chi connectivity index (χ2n) is 6.90. The van der Waals surface area contributed by atoms with Crippen molar-refractivity contribution in [3.05, 3.63) is 94.2 Å². The van der Waals surface area contributed by atoms with Gasteiger partial charge in [-0.05, 0) is 29.7 Å². The Hall–Kier alpha value is -3.25. The zero-order valence-electron chi connectivity index (χ0n) is 16.4. The zero-order valence-corrected chi connectivity index (χ0v) is 17.3. The average Bonchev–Trinajstić information content (AvgIpc) is 3.37. The maximum absolute atomic E-state index is 13.4. The SMILES string of the molecule is Cc1cc(C(=O)N(Cc2nccs2)Cc2ccccc2-c2ccccc2)n(C)n1. The lowest BCUT2D eigenvalue weighted by Gasteiger charge is -2.23. The van der Waals surface area contributed by atoms with Gasteiger partial charge in [0.05, 0.1) is 12.2 Å². The first kappa shape index (κ1) is 19.1. The van der Waals surface area contributed by atoms with Crippen molar-refractivity contribution < 1.29 is 4.79 Å². The van der Waals surface area contributed by atoms with Gasteiger partial charge in [-0.25, -0.2) is 4.98 Å². The van der Waals surface area contributed by atoms with Gasteiger partial charge in [-0.1, -0.05) is 54.6 Å². The first-order chi connectivity index (χ1) is 14.1. The molecule has 0 aliphatic rings. The van der Waals surface area contributed by atoms with E-state index in [9.17, 15) is 4.79 Å². The van der Waals surface area contributed by atoms with Crippen molar-refractivity contribution in [1.82, 2.24) is 19.7 Å². The molecule has 29 heavy (non-hydrogen) atoms. The standard InChI is InChI=1S/C23H22N4OS/c1-17-14-21(26(2)25-17)23(28)27(16-22-24-12-13-29-22)15-19-10-6-7-11-20(19)18-8-4-3-5-9-18/h3-14H,15-16H2,1-2H3. The summed E-state index contributed by atoms with van der Waals surface area (Å²) in [6.45, 7) is 2.85. The van der Waals surface area contributed by atoms with E-state index in [1.165, 1.54) is 0 Å². The Kier molecular flexibility index (Phi) is 5.53. The van der Waals surface area contributed by atoms with E-state index < -0.39 is 0 Å². The predicted octanol–water partition coefficient (Wildman–Crippen LogP) is 4.69. The summed E-state index contributed by atoms with van der Waals surface area (Å²) >= 11 is 1.56. The lowest BCUT2D eigenvalue weighted by molar-refractivity contribution is 0.0719. The average molecular weight is 403 g/mol. The highest BCUT2D eigenvalue weighted by molar-refractivity contribution is 7.09. The van der Waals surface area contributed by atoms with E-state index in [1.807, 2.05) is 53.6 Å².